The molecule has 0 unspecified atom stereocenters. The zero-order valence-corrected chi connectivity index (χ0v) is 19.0. The monoisotopic (exact) mass is 458 g/mol. The van der Waals surface area contributed by atoms with Gasteiger partial charge < -0.3 is 0 Å². The SMILES string of the molecule is Cc1cccc(-n2c(SCC(=O)NNC(=O)c3ccccc3)nc3ccccc3c2=O)c1C. The molecule has 0 saturated heterocycles. The van der Waals surface area contributed by atoms with Crippen molar-refractivity contribution >= 4 is 34.5 Å². The van der Waals surface area contributed by atoms with Crippen LogP contribution in [0.5, 0.6) is 0 Å². The molecule has 7 nitrogen and oxygen atoms in total. The van der Waals surface area contributed by atoms with Crippen LogP contribution < -0.4 is 16.4 Å². The molecule has 0 atom stereocenters. The van der Waals surface area contributed by atoms with Gasteiger partial charge in [-0.05, 0) is 55.3 Å². The van der Waals surface area contributed by atoms with Crippen molar-refractivity contribution < 1.29 is 9.59 Å². The predicted molar refractivity (Wildman–Crippen MR) is 130 cm³/mol. The second-order valence-corrected chi connectivity index (χ2v) is 8.37. The van der Waals surface area contributed by atoms with E-state index in [9.17, 15) is 14.4 Å². The third-order valence-electron chi connectivity index (χ3n) is 5.25. The lowest BCUT2D eigenvalue weighted by Gasteiger charge is -2.16. The van der Waals surface area contributed by atoms with E-state index in [1.807, 2.05) is 38.1 Å². The molecular formula is C25H22N4O3S. The van der Waals surface area contributed by atoms with Crippen LogP contribution in [0.15, 0.2) is 82.7 Å². The third kappa shape index (κ3) is 4.80. The molecule has 0 spiro atoms. The summed E-state index contributed by atoms with van der Waals surface area (Å²) in [5.74, 6) is -0.866. The van der Waals surface area contributed by atoms with Crippen LogP contribution in [0.1, 0.15) is 21.5 Å². The molecule has 2 amide bonds. The van der Waals surface area contributed by atoms with E-state index in [1.165, 1.54) is 0 Å². The third-order valence-corrected chi connectivity index (χ3v) is 6.18. The molecule has 166 valence electrons. The molecule has 0 bridgehead atoms. The van der Waals surface area contributed by atoms with Crippen LogP contribution in [0.4, 0.5) is 0 Å². The first-order valence-electron chi connectivity index (χ1n) is 10.3. The number of hydrogen-bond acceptors (Lipinski definition) is 5. The van der Waals surface area contributed by atoms with E-state index in [2.05, 4.69) is 15.8 Å². The fourth-order valence-corrected chi connectivity index (χ4v) is 4.16. The number of nitrogens with zero attached hydrogens (tertiary/aromatic N) is 2. The summed E-state index contributed by atoms with van der Waals surface area (Å²) in [4.78, 5) is 42.6. The molecule has 1 aromatic heterocycles. The summed E-state index contributed by atoms with van der Waals surface area (Å²) in [5.41, 5.74) is 8.33. The Morgan fingerprint density at radius 1 is 0.909 bits per heavy atom. The number of carbonyl (C=O) groups excluding carboxylic acids is 2. The molecule has 0 aliphatic heterocycles. The number of benzene rings is 3. The summed E-state index contributed by atoms with van der Waals surface area (Å²) < 4.78 is 1.55. The lowest BCUT2D eigenvalue weighted by molar-refractivity contribution is -0.119. The molecule has 1 heterocycles. The molecule has 8 heteroatoms. The van der Waals surface area contributed by atoms with E-state index in [-0.39, 0.29) is 11.3 Å². The first-order chi connectivity index (χ1) is 16.0. The molecule has 4 aromatic rings. The van der Waals surface area contributed by atoms with Gasteiger partial charge in [-0.3, -0.25) is 29.8 Å². The number of nitrogens with one attached hydrogen (secondary N) is 2. The molecule has 33 heavy (non-hydrogen) atoms. The van der Waals surface area contributed by atoms with E-state index < -0.39 is 11.8 Å². The van der Waals surface area contributed by atoms with Crippen molar-refractivity contribution in [2.24, 2.45) is 0 Å². The number of rotatable bonds is 5. The summed E-state index contributed by atoms with van der Waals surface area (Å²) in [5, 5.41) is 0.902. The number of para-hydroxylation sites is 1. The Balaban J connectivity index is 1.59. The highest BCUT2D eigenvalue weighted by Gasteiger charge is 2.17. The molecule has 3 aromatic carbocycles. The number of thioether (sulfide) groups is 1. The number of aromatic nitrogens is 2. The quantitative estimate of drug-likeness (QED) is 0.271. The van der Waals surface area contributed by atoms with E-state index >= 15 is 0 Å². The average Bonchev–Trinajstić information content (AvgIpc) is 2.84. The van der Waals surface area contributed by atoms with Crippen molar-refractivity contribution in [3.8, 4) is 5.69 Å². The van der Waals surface area contributed by atoms with Crippen LogP contribution in [0, 0.1) is 13.8 Å². The van der Waals surface area contributed by atoms with Crippen LogP contribution in [-0.4, -0.2) is 27.1 Å². The number of hydrogen-bond donors (Lipinski definition) is 2. The smallest absolute Gasteiger partial charge is 0.269 e. The van der Waals surface area contributed by atoms with Gasteiger partial charge in [0.05, 0.1) is 22.3 Å². The number of hydrazine groups is 1. The van der Waals surface area contributed by atoms with Gasteiger partial charge >= 0.3 is 0 Å². The number of aryl methyl sites for hydroxylation is 1. The minimum atomic E-state index is -0.417. The van der Waals surface area contributed by atoms with Crippen molar-refractivity contribution in [1.29, 1.82) is 0 Å². The average molecular weight is 459 g/mol. The fraction of sp³-hybridized carbons (Fsp3) is 0.120. The molecule has 4 rings (SSSR count). The molecule has 0 fully saturated rings. The van der Waals surface area contributed by atoms with Gasteiger partial charge in [0.15, 0.2) is 5.16 Å². The zero-order valence-electron chi connectivity index (χ0n) is 18.2. The Labute approximate surface area is 194 Å². The Morgan fingerprint density at radius 3 is 2.42 bits per heavy atom. The highest BCUT2D eigenvalue weighted by molar-refractivity contribution is 7.99. The molecule has 0 radical (unpaired) electrons. The number of amides is 2. The first-order valence-corrected chi connectivity index (χ1v) is 11.3. The van der Waals surface area contributed by atoms with Crippen LogP contribution in [-0.2, 0) is 4.79 Å². The van der Waals surface area contributed by atoms with Crippen LogP contribution in [0.25, 0.3) is 16.6 Å². The molecular weight excluding hydrogens is 436 g/mol. The van der Waals surface area contributed by atoms with Crippen molar-refractivity contribution in [3.05, 3.63) is 99.8 Å². The van der Waals surface area contributed by atoms with E-state index in [0.29, 0.717) is 21.6 Å². The molecule has 2 N–H and O–H groups in total. The van der Waals surface area contributed by atoms with Gasteiger partial charge in [0.25, 0.3) is 11.5 Å². The largest absolute Gasteiger partial charge is 0.272 e. The fourth-order valence-electron chi connectivity index (χ4n) is 3.35. The summed E-state index contributed by atoms with van der Waals surface area (Å²) in [7, 11) is 0. The van der Waals surface area contributed by atoms with Crippen LogP contribution in [0.3, 0.4) is 0 Å². The lowest BCUT2D eigenvalue weighted by atomic mass is 10.1. The van der Waals surface area contributed by atoms with E-state index in [1.54, 1.807) is 53.1 Å². The Kier molecular flexibility index (Phi) is 6.55. The van der Waals surface area contributed by atoms with Crippen molar-refractivity contribution in [2.75, 3.05) is 5.75 Å². The van der Waals surface area contributed by atoms with Crippen molar-refractivity contribution in [1.82, 2.24) is 20.4 Å². The van der Waals surface area contributed by atoms with Crippen molar-refractivity contribution in [3.63, 3.8) is 0 Å². The molecule has 0 aliphatic rings. The summed E-state index contributed by atoms with van der Waals surface area (Å²) >= 11 is 1.13. The second kappa shape index (κ2) is 9.70. The summed E-state index contributed by atoms with van der Waals surface area (Å²) in [6.45, 7) is 3.93. The Bertz CT molecular complexity index is 1400. The van der Waals surface area contributed by atoms with E-state index in [4.69, 9.17) is 0 Å². The number of carbonyl (C=O) groups is 2. The van der Waals surface area contributed by atoms with Gasteiger partial charge in [-0.1, -0.05) is 54.2 Å². The lowest BCUT2D eigenvalue weighted by Crippen LogP contribution is -2.42. The summed E-state index contributed by atoms with van der Waals surface area (Å²) in [6.07, 6.45) is 0. The van der Waals surface area contributed by atoms with E-state index in [0.717, 1.165) is 28.6 Å². The van der Waals surface area contributed by atoms with Gasteiger partial charge in [-0.2, -0.15) is 0 Å². The van der Waals surface area contributed by atoms with Crippen LogP contribution >= 0.6 is 11.8 Å². The predicted octanol–water partition coefficient (Wildman–Crippen LogP) is 3.56. The summed E-state index contributed by atoms with van der Waals surface area (Å²) in [6, 6.07) is 21.5. The zero-order chi connectivity index (χ0) is 23.4. The topological polar surface area (TPSA) is 93.1 Å². The number of fused-ring (bicyclic) bond motifs is 1. The minimum Gasteiger partial charge on any atom is -0.272 e. The Morgan fingerprint density at radius 2 is 1.64 bits per heavy atom. The highest BCUT2D eigenvalue weighted by Crippen LogP contribution is 2.24. The van der Waals surface area contributed by atoms with Gasteiger partial charge in [0, 0.05) is 5.56 Å². The maximum Gasteiger partial charge on any atom is 0.269 e. The minimum absolute atomic E-state index is 0.0370. The normalized spacial score (nSPS) is 10.7. The highest BCUT2D eigenvalue weighted by atomic mass is 32.2. The van der Waals surface area contributed by atoms with Gasteiger partial charge in [-0.15, -0.1) is 0 Å². The van der Waals surface area contributed by atoms with Crippen LogP contribution in [0.2, 0.25) is 0 Å². The maximum absolute atomic E-state index is 13.4. The van der Waals surface area contributed by atoms with Gasteiger partial charge in [0.2, 0.25) is 5.91 Å². The van der Waals surface area contributed by atoms with Gasteiger partial charge in [0.1, 0.15) is 0 Å². The second-order valence-electron chi connectivity index (χ2n) is 7.43. The molecule has 0 aliphatic carbocycles. The maximum atomic E-state index is 13.4. The Hall–Kier alpha value is -3.91. The van der Waals surface area contributed by atoms with Crippen molar-refractivity contribution in [2.45, 2.75) is 19.0 Å². The standard InChI is InChI=1S/C25H22N4O3S/c1-16-9-8-14-21(17(16)2)29-24(32)19-12-6-7-13-20(19)26-25(29)33-15-22(30)27-28-23(31)18-10-4-3-5-11-18/h3-14H,15H2,1-2H3,(H,27,30)(H,28,31). The first kappa shape index (κ1) is 22.3. The van der Waals surface area contributed by atoms with Gasteiger partial charge in [-0.25, -0.2) is 4.98 Å². The molecule has 0 saturated carbocycles.